The Kier molecular flexibility index (Phi) is 4.15. The van der Waals surface area contributed by atoms with Crippen LogP contribution in [0.15, 0.2) is 29.9 Å². The number of hydrogen-bond acceptors (Lipinski definition) is 6. The van der Waals surface area contributed by atoms with Gasteiger partial charge >= 0.3 is 5.97 Å². The summed E-state index contributed by atoms with van der Waals surface area (Å²) in [6.45, 7) is 1.79. The maximum Gasteiger partial charge on any atom is 0.358 e. The summed E-state index contributed by atoms with van der Waals surface area (Å²) in [5, 5.41) is 3.18. The number of nitrogens with zero attached hydrogens (tertiary/aromatic N) is 3. The SMILES string of the molecule is COC(=O)c1ncccc1N1CCC[C@H](c2nccs2)C1. The smallest absolute Gasteiger partial charge is 0.358 e. The third-order valence-electron chi connectivity index (χ3n) is 3.73. The summed E-state index contributed by atoms with van der Waals surface area (Å²) in [7, 11) is 1.38. The molecule has 3 rings (SSSR count). The minimum absolute atomic E-state index is 0.387. The fourth-order valence-electron chi connectivity index (χ4n) is 2.74. The number of methoxy groups -OCH3 is 1. The molecule has 1 aliphatic rings. The van der Waals surface area contributed by atoms with E-state index < -0.39 is 0 Å². The third-order valence-corrected chi connectivity index (χ3v) is 4.67. The lowest BCUT2D eigenvalue weighted by Gasteiger charge is -2.34. The first-order chi connectivity index (χ1) is 10.3. The molecule has 1 atom stereocenters. The Balaban J connectivity index is 1.85. The van der Waals surface area contributed by atoms with Crippen molar-refractivity contribution < 1.29 is 9.53 Å². The van der Waals surface area contributed by atoms with Crippen LogP contribution in [0, 0.1) is 0 Å². The highest BCUT2D eigenvalue weighted by Gasteiger charge is 2.26. The van der Waals surface area contributed by atoms with E-state index in [9.17, 15) is 4.79 Å². The van der Waals surface area contributed by atoms with Crippen LogP contribution in [0.4, 0.5) is 5.69 Å². The minimum Gasteiger partial charge on any atom is -0.464 e. The number of aromatic nitrogens is 2. The van der Waals surface area contributed by atoms with Gasteiger partial charge in [-0.05, 0) is 25.0 Å². The number of anilines is 1. The van der Waals surface area contributed by atoms with Gasteiger partial charge in [0, 0.05) is 36.8 Å². The lowest BCUT2D eigenvalue weighted by Crippen LogP contribution is -2.35. The number of esters is 1. The highest BCUT2D eigenvalue weighted by molar-refractivity contribution is 7.09. The van der Waals surface area contributed by atoms with Crippen LogP contribution >= 0.6 is 11.3 Å². The van der Waals surface area contributed by atoms with Crippen molar-refractivity contribution >= 4 is 23.0 Å². The van der Waals surface area contributed by atoms with Gasteiger partial charge in [-0.15, -0.1) is 11.3 Å². The van der Waals surface area contributed by atoms with Crippen molar-refractivity contribution in [3.8, 4) is 0 Å². The van der Waals surface area contributed by atoms with E-state index >= 15 is 0 Å². The van der Waals surface area contributed by atoms with Crippen molar-refractivity contribution in [3.63, 3.8) is 0 Å². The van der Waals surface area contributed by atoms with Crippen molar-refractivity contribution in [1.29, 1.82) is 0 Å². The van der Waals surface area contributed by atoms with E-state index in [2.05, 4.69) is 14.9 Å². The normalized spacial score (nSPS) is 18.5. The number of thiazole rings is 1. The van der Waals surface area contributed by atoms with Crippen LogP contribution < -0.4 is 4.90 Å². The Morgan fingerprint density at radius 2 is 2.33 bits per heavy atom. The van der Waals surface area contributed by atoms with E-state index in [1.807, 2.05) is 23.7 Å². The second kappa shape index (κ2) is 6.22. The summed E-state index contributed by atoms with van der Waals surface area (Å²) in [5.41, 5.74) is 1.24. The van der Waals surface area contributed by atoms with Gasteiger partial charge in [0.2, 0.25) is 0 Å². The first-order valence-corrected chi connectivity index (χ1v) is 7.85. The monoisotopic (exact) mass is 303 g/mol. The van der Waals surface area contributed by atoms with Crippen molar-refractivity contribution in [3.05, 3.63) is 40.6 Å². The molecular formula is C15H17N3O2S. The van der Waals surface area contributed by atoms with Crippen molar-refractivity contribution in [2.24, 2.45) is 0 Å². The third kappa shape index (κ3) is 2.90. The molecule has 0 N–H and O–H groups in total. The molecule has 0 spiro atoms. The van der Waals surface area contributed by atoms with Crippen LogP contribution in [-0.4, -0.2) is 36.1 Å². The van der Waals surface area contributed by atoms with Crippen LogP contribution in [0.5, 0.6) is 0 Å². The number of piperidine rings is 1. The van der Waals surface area contributed by atoms with Gasteiger partial charge in [0.05, 0.1) is 17.8 Å². The zero-order chi connectivity index (χ0) is 14.7. The molecule has 0 unspecified atom stereocenters. The quantitative estimate of drug-likeness (QED) is 0.816. The summed E-state index contributed by atoms with van der Waals surface area (Å²) in [5.74, 6) is 0.0337. The number of carbonyl (C=O) groups is 1. The van der Waals surface area contributed by atoms with E-state index in [1.165, 1.54) is 12.1 Å². The zero-order valence-corrected chi connectivity index (χ0v) is 12.7. The largest absolute Gasteiger partial charge is 0.464 e. The van der Waals surface area contributed by atoms with Crippen molar-refractivity contribution in [1.82, 2.24) is 9.97 Å². The molecule has 1 saturated heterocycles. The first-order valence-electron chi connectivity index (χ1n) is 6.97. The number of rotatable bonds is 3. The van der Waals surface area contributed by atoms with Crippen molar-refractivity contribution in [2.45, 2.75) is 18.8 Å². The van der Waals surface area contributed by atoms with Crippen LogP contribution in [0.2, 0.25) is 0 Å². The number of carbonyl (C=O) groups excluding carboxylic acids is 1. The van der Waals surface area contributed by atoms with E-state index in [0.29, 0.717) is 11.6 Å². The van der Waals surface area contributed by atoms with Crippen LogP contribution in [-0.2, 0) is 4.74 Å². The molecule has 3 heterocycles. The van der Waals surface area contributed by atoms with Gasteiger partial charge in [0.25, 0.3) is 0 Å². The Hall–Kier alpha value is -1.95. The average Bonchev–Trinajstić information content (AvgIpc) is 3.09. The van der Waals surface area contributed by atoms with E-state index in [-0.39, 0.29) is 5.97 Å². The van der Waals surface area contributed by atoms with Gasteiger partial charge in [-0.2, -0.15) is 0 Å². The first kappa shape index (κ1) is 14.0. The Morgan fingerprint density at radius 3 is 3.10 bits per heavy atom. The summed E-state index contributed by atoms with van der Waals surface area (Å²) < 4.78 is 4.83. The molecule has 2 aromatic rings. The van der Waals surface area contributed by atoms with E-state index in [0.717, 1.165) is 31.6 Å². The molecule has 110 valence electrons. The van der Waals surface area contributed by atoms with Crippen LogP contribution in [0.1, 0.15) is 34.3 Å². The zero-order valence-electron chi connectivity index (χ0n) is 11.9. The standard InChI is InChI=1S/C15H17N3O2S/c1-20-15(19)13-12(5-2-6-16-13)18-8-3-4-11(10-18)14-17-7-9-21-14/h2,5-7,9,11H,3-4,8,10H2,1H3/t11-/m0/s1. The molecular weight excluding hydrogens is 286 g/mol. The maximum absolute atomic E-state index is 11.9. The van der Waals surface area contributed by atoms with E-state index in [4.69, 9.17) is 4.74 Å². The van der Waals surface area contributed by atoms with Gasteiger partial charge in [-0.1, -0.05) is 0 Å². The second-order valence-electron chi connectivity index (χ2n) is 5.02. The molecule has 21 heavy (non-hydrogen) atoms. The van der Waals surface area contributed by atoms with Gasteiger partial charge in [0.1, 0.15) is 0 Å². The molecule has 0 bridgehead atoms. The second-order valence-corrected chi connectivity index (χ2v) is 5.94. The summed E-state index contributed by atoms with van der Waals surface area (Å²) in [4.78, 5) is 22.7. The van der Waals surface area contributed by atoms with Gasteiger partial charge in [-0.25, -0.2) is 14.8 Å². The van der Waals surface area contributed by atoms with Gasteiger partial charge in [-0.3, -0.25) is 0 Å². The number of ether oxygens (including phenoxy) is 1. The van der Waals surface area contributed by atoms with Gasteiger partial charge < -0.3 is 9.64 Å². The highest BCUT2D eigenvalue weighted by Crippen LogP contribution is 2.32. The molecule has 1 aliphatic heterocycles. The highest BCUT2D eigenvalue weighted by atomic mass is 32.1. The fraction of sp³-hybridized carbons (Fsp3) is 0.400. The van der Waals surface area contributed by atoms with Gasteiger partial charge in [0.15, 0.2) is 5.69 Å². The molecule has 0 aromatic carbocycles. The molecule has 2 aromatic heterocycles. The molecule has 0 radical (unpaired) electrons. The van der Waals surface area contributed by atoms with Crippen molar-refractivity contribution in [2.75, 3.05) is 25.1 Å². The molecule has 5 nitrogen and oxygen atoms in total. The van der Waals surface area contributed by atoms with Crippen LogP contribution in [0.25, 0.3) is 0 Å². The Morgan fingerprint density at radius 1 is 1.43 bits per heavy atom. The lowest BCUT2D eigenvalue weighted by molar-refractivity contribution is 0.0594. The molecule has 0 saturated carbocycles. The minimum atomic E-state index is -0.387. The number of pyridine rings is 1. The summed E-state index contributed by atoms with van der Waals surface area (Å²) in [6.07, 6.45) is 5.69. The summed E-state index contributed by atoms with van der Waals surface area (Å²) >= 11 is 1.70. The maximum atomic E-state index is 11.9. The molecule has 0 aliphatic carbocycles. The Bertz CT molecular complexity index is 615. The predicted molar refractivity (Wildman–Crippen MR) is 81.9 cm³/mol. The van der Waals surface area contributed by atoms with Crippen LogP contribution in [0.3, 0.4) is 0 Å². The number of hydrogen-bond donors (Lipinski definition) is 0. The topological polar surface area (TPSA) is 55.3 Å². The predicted octanol–water partition coefficient (Wildman–Crippen LogP) is 2.71. The molecule has 1 fully saturated rings. The van der Waals surface area contributed by atoms with E-state index in [1.54, 1.807) is 17.5 Å². The summed E-state index contributed by atoms with van der Waals surface area (Å²) in [6, 6.07) is 3.79. The Labute approximate surface area is 127 Å². The lowest BCUT2D eigenvalue weighted by atomic mass is 9.98. The molecule has 0 amide bonds. The fourth-order valence-corrected chi connectivity index (χ4v) is 3.51. The molecule has 6 heteroatoms. The average molecular weight is 303 g/mol.